The Labute approximate surface area is 124 Å². The molecule has 0 aliphatic heterocycles. The van der Waals surface area contributed by atoms with Gasteiger partial charge < -0.3 is 4.74 Å². The Hall–Kier alpha value is -2.15. The quantitative estimate of drug-likeness (QED) is 0.885. The van der Waals surface area contributed by atoms with E-state index in [2.05, 4.69) is 14.9 Å². The van der Waals surface area contributed by atoms with E-state index in [9.17, 15) is 8.42 Å². The van der Waals surface area contributed by atoms with Gasteiger partial charge >= 0.3 is 0 Å². The summed E-state index contributed by atoms with van der Waals surface area (Å²) >= 11 is 0. The number of anilines is 1. The van der Waals surface area contributed by atoms with Crippen molar-refractivity contribution in [3.8, 4) is 17.1 Å². The molecule has 0 saturated carbocycles. The zero-order valence-corrected chi connectivity index (χ0v) is 12.7. The lowest BCUT2D eigenvalue weighted by Crippen LogP contribution is -2.09. The molecule has 0 unspecified atom stereocenters. The predicted molar refractivity (Wildman–Crippen MR) is 81.7 cm³/mol. The Morgan fingerprint density at radius 3 is 2.62 bits per heavy atom. The smallest absolute Gasteiger partial charge is 0.233 e. The maximum atomic E-state index is 11.2. The first kappa shape index (κ1) is 15.2. The second kappa shape index (κ2) is 6.53. The molecule has 1 aromatic heterocycles. The van der Waals surface area contributed by atoms with Crippen molar-refractivity contribution in [1.29, 1.82) is 0 Å². The van der Waals surface area contributed by atoms with Gasteiger partial charge in [-0.15, -0.1) is 10.2 Å². The second-order valence-electron chi connectivity index (χ2n) is 4.56. The van der Waals surface area contributed by atoms with Crippen LogP contribution in [0, 0.1) is 0 Å². The summed E-state index contributed by atoms with van der Waals surface area (Å²) in [7, 11) is -3.30. The molecule has 0 saturated heterocycles. The van der Waals surface area contributed by atoms with Crippen LogP contribution in [0.15, 0.2) is 36.4 Å². The van der Waals surface area contributed by atoms with E-state index < -0.39 is 10.0 Å². The molecule has 1 heterocycles. The normalized spacial score (nSPS) is 11.1. The van der Waals surface area contributed by atoms with Crippen molar-refractivity contribution in [2.75, 3.05) is 17.6 Å². The monoisotopic (exact) mass is 307 g/mol. The molecular formula is C14H17N3O3S. The standard InChI is InChI=1S/C14H17N3O3S/c1-3-9-20-14-8-7-13(15-16-14)11-5-4-6-12(10-11)17-21(2,18)19/h4-8,10,17H,3,9H2,1-2H3. The highest BCUT2D eigenvalue weighted by atomic mass is 32.2. The van der Waals surface area contributed by atoms with Crippen molar-refractivity contribution in [2.45, 2.75) is 13.3 Å². The lowest BCUT2D eigenvalue weighted by atomic mass is 10.1. The largest absolute Gasteiger partial charge is 0.477 e. The molecule has 0 radical (unpaired) electrons. The Balaban J connectivity index is 2.20. The minimum absolute atomic E-state index is 0.478. The number of rotatable bonds is 6. The number of benzene rings is 1. The molecule has 2 rings (SSSR count). The van der Waals surface area contributed by atoms with E-state index in [-0.39, 0.29) is 0 Å². The lowest BCUT2D eigenvalue weighted by molar-refractivity contribution is 0.302. The van der Waals surface area contributed by atoms with Crippen molar-refractivity contribution in [1.82, 2.24) is 10.2 Å². The number of ether oxygens (including phenoxy) is 1. The summed E-state index contributed by atoms with van der Waals surface area (Å²) in [5.74, 6) is 0.478. The van der Waals surface area contributed by atoms with E-state index in [0.717, 1.165) is 18.2 Å². The van der Waals surface area contributed by atoms with Crippen molar-refractivity contribution in [2.24, 2.45) is 0 Å². The minimum atomic E-state index is -3.30. The van der Waals surface area contributed by atoms with Gasteiger partial charge in [0.05, 0.1) is 18.6 Å². The fraction of sp³-hybridized carbons (Fsp3) is 0.286. The number of sulfonamides is 1. The number of aromatic nitrogens is 2. The first-order valence-electron chi connectivity index (χ1n) is 6.52. The molecule has 1 N–H and O–H groups in total. The summed E-state index contributed by atoms with van der Waals surface area (Å²) < 4.78 is 30.3. The highest BCUT2D eigenvalue weighted by Crippen LogP contribution is 2.21. The molecule has 0 spiro atoms. The average Bonchev–Trinajstić information content (AvgIpc) is 2.44. The lowest BCUT2D eigenvalue weighted by Gasteiger charge is -2.07. The molecule has 0 aliphatic carbocycles. The van der Waals surface area contributed by atoms with Crippen LogP contribution in [-0.2, 0) is 10.0 Å². The highest BCUT2D eigenvalue weighted by molar-refractivity contribution is 7.92. The number of hydrogen-bond donors (Lipinski definition) is 1. The van der Waals surface area contributed by atoms with E-state index in [1.54, 1.807) is 30.3 Å². The molecule has 7 heteroatoms. The zero-order valence-electron chi connectivity index (χ0n) is 11.9. The molecule has 1 aromatic carbocycles. The number of nitrogens with zero attached hydrogens (tertiary/aromatic N) is 2. The molecular weight excluding hydrogens is 290 g/mol. The Morgan fingerprint density at radius 2 is 2.00 bits per heavy atom. The summed E-state index contributed by atoms with van der Waals surface area (Å²) in [6.45, 7) is 2.61. The summed E-state index contributed by atoms with van der Waals surface area (Å²) in [6, 6.07) is 10.5. The summed E-state index contributed by atoms with van der Waals surface area (Å²) in [4.78, 5) is 0. The van der Waals surface area contributed by atoms with Gasteiger partial charge in [0.25, 0.3) is 0 Å². The fourth-order valence-electron chi connectivity index (χ4n) is 1.71. The Kier molecular flexibility index (Phi) is 4.74. The first-order chi connectivity index (χ1) is 9.98. The molecule has 0 fully saturated rings. The molecule has 0 atom stereocenters. The van der Waals surface area contributed by atoms with Gasteiger partial charge in [0.1, 0.15) is 0 Å². The van der Waals surface area contributed by atoms with Gasteiger partial charge in [0.2, 0.25) is 15.9 Å². The molecule has 2 aromatic rings. The van der Waals surface area contributed by atoms with Crippen LogP contribution in [0.25, 0.3) is 11.3 Å². The summed E-state index contributed by atoms with van der Waals surface area (Å²) in [5.41, 5.74) is 1.91. The van der Waals surface area contributed by atoms with Crippen LogP contribution in [0.3, 0.4) is 0 Å². The fourth-order valence-corrected chi connectivity index (χ4v) is 2.27. The van der Waals surface area contributed by atoms with E-state index in [1.165, 1.54) is 0 Å². The molecule has 112 valence electrons. The van der Waals surface area contributed by atoms with Crippen LogP contribution in [0.4, 0.5) is 5.69 Å². The van der Waals surface area contributed by atoms with Gasteiger partial charge in [0, 0.05) is 17.3 Å². The number of hydrogen-bond acceptors (Lipinski definition) is 5. The van der Waals surface area contributed by atoms with Gasteiger partial charge in [-0.05, 0) is 24.6 Å². The third kappa shape index (κ3) is 4.71. The Bertz CT molecular complexity index is 700. The van der Waals surface area contributed by atoms with Crippen LogP contribution in [0.5, 0.6) is 5.88 Å². The average molecular weight is 307 g/mol. The Morgan fingerprint density at radius 1 is 1.19 bits per heavy atom. The van der Waals surface area contributed by atoms with Crippen LogP contribution in [0.2, 0.25) is 0 Å². The van der Waals surface area contributed by atoms with Crippen LogP contribution < -0.4 is 9.46 Å². The van der Waals surface area contributed by atoms with Crippen molar-refractivity contribution in [3.05, 3.63) is 36.4 Å². The van der Waals surface area contributed by atoms with Crippen molar-refractivity contribution in [3.63, 3.8) is 0 Å². The maximum absolute atomic E-state index is 11.2. The van der Waals surface area contributed by atoms with Gasteiger partial charge in [-0.25, -0.2) is 8.42 Å². The van der Waals surface area contributed by atoms with Gasteiger partial charge in [-0.2, -0.15) is 0 Å². The molecule has 0 amide bonds. The topological polar surface area (TPSA) is 81.2 Å². The zero-order chi connectivity index (χ0) is 15.3. The minimum Gasteiger partial charge on any atom is -0.477 e. The molecule has 0 aliphatic rings. The van der Waals surface area contributed by atoms with Crippen LogP contribution in [-0.4, -0.2) is 31.5 Å². The van der Waals surface area contributed by atoms with Crippen molar-refractivity contribution >= 4 is 15.7 Å². The highest BCUT2D eigenvalue weighted by Gasteiger charge is 2.05. The SMILES string of the molecule is CCCOc1ccc(-c2cccc(NS(C)(=O)=O)c2)nn1. The van der Waals surface area contributed by atoms with Gasteiger partial charge in [-0.3, -0.25) is 4.72 Å². The van der Waals surface area contributed by atoms with Crippen LogP contribution in [0.1, 0.15) is 13.3 Å². The third-order valence-electron chi connectivity index (χ3n) is 2.56. The first-order valence-corrected chi connectivity index (χ1v) is 8.42. The van der Waals surface area contributed by atoms with Gasteiger partial charge in [0.15, 0.2) is 0 Å². The van der Waals surface area contributed by atoms with Crippen LogP contribution >= 0.6 is 0 Å². The number of nitrogens with one attached hydrogen (secondary N) is 1. The van der Waals surface area contributed by atoms with E-state index in [4.69, 9.17) is 4.74 Å². The molecule has 21 heavy (non-hydrogen) atoms. The summed E-state index contributed by atoms with van der Waals surface area (Å²) in [6.07, 6.45) is 2.02. The predicted octanol–water partition coefficient (Wildman–Crippen LogP) is 2.30. The van der Waals surface area contributed by atoms with Crippen molar-refractivity contribution < 1.29 is 13.2 Å². The van der Waals surface area contributed by atoms with E-state index in [0.29, 0.717) is 23.9 Å². The molecule has 6 nitrogen and oxygen atoms in total. The second-order valence-corrected chi connectivity index (χ2v) is 6.31. The maximum Gasteiger partial charge on any atom is 0.233 e. The van der Waals surface area contributed by atoms with E-state index in [1.807, 2.05) is 13.0 Å². The molecule has 0 bridgehead atoms. The van der Waals surface area contributed by atoms with E-state index >= 15 is 0 Å². The summed E-state index contributed by atoms with van der Waals surface area (Å²) in [5, 5.41) is 8.07. The third-order valence-corrected chi connectivity index (χ3v) is 3.16. The van der Waals surface area contributed by atoms with Gasteiger partial charge in [-0.1, -0.05) is 19.1 Å².